The van der Waals surface area contributed by atoms with E-state index in [0.29, 0.717) is 15.4 Å². The second-order valence-electron chi connectivity index (χ2n) is 11.1. The fourth-order valence-corrected chi connectivity index (χ4v) is 6.10. The van der Waals surface area contributed by atoms with Crippen LogP contribution >= 0.6 is 39.1 Å². The summed E-state index contributed by atoms with van der Waals surface area (Å²) in [6, 6.07) is 7.89. The van der Waals surface area contributed by atoms with Crippen LogP contribution in [-0.2, 0) is 15.8 Å². The second-order valence-corrected chi connectivity index (χ2v) is 12.8. The number of ether oxygens (including phenoxy) is 1. The molecule has 44 heavy (non-hydrogen) atoms. The Kier molecular flexibility index (Phi) is 7.35. The van der Waals surface area contributed by atoms with Gasteiger partial charge in [-0.3, -0.25) is 14.6 Å². The lowest BCUT2D eigenvalue weighted by molar-refractivity contribution is -0.123. The summed E-state index contributed by atoms with van der Waals surface area (Å²) in [5.41, 5.74) is -0.676. The first-order valence-electron chi connectivity index (χ1n) is 13.3. The first-order valence-corrected chi connectivity index (χ1v) is 14.8. The van der Waals surface area contributed by atoms with Crippen LogP contribution in [-0.4, -0.2) is 45.7 Å². The lowest BCUT2D eigenvalue weighted by Crippen LogP contribution is -2.49. The standard InChI is InChI=1S/C30H22BrCl2F3N4O4/c1-28(27(37)42)12-44-25-17(28)9-20(40-24(25)16-2-3-19(34)21(33)22(16)35)30(43,29(36)4-5-29)11-39-26(41)14-6-13-7-15(31)10-38-23(13)18(32)8-14/h2-3,6-10,43H,4-5,11-12H2,1H3,(H2,37,42)(H,39,41)/t28-,30-/m0/s1. The molecule has 4 N–H and O–H groups in total. The molecule has 8 nitrogen and oxygen atoms in total. The van der Waals surface area contributed by atoms with Crippen molar-refractivity contribution < 1.29 is 32.6 Å². The van der Waals surface area contributed by atoms with Gasteiger partial charge in [0.15, 0.2) is 11.4 Å². The summed E-state index contributed by atoms with van der Waals surface area (Å²) >= 11 is 15.5. The van der Waals surface area contributed by atoms with E-state index in [-0.39, 0.29) is 58.3 Å². The third-order valence-electron chi connectivity index (χ3n) is 8.23. The maximum absolute atomic E-state index is 16.1. The smallest absolute Gasteiger partial charge is 0.251 e. The molecular weight excluding hydrogens is 688 g/mol. The number of fused-ring (bicyclic) bond motifs is 2. The Morgan fingerprint density at radius 1 is 1.20 bits per heavy atom. The van der Waals surface area contributed by atoms with Gasteiger partial charge in [0.1, 0.15) is 40.0 Å². The van der Waals surface area contributed by atoms with Crippen molar-refractivity contribution >= 4 is 61.8 Å². The third kappa shape index (κ3) is 4.79. The highest BCUT2D eigenvalue weighted by atomic mass is 79.9. The van der Waals surface area contributed by atoms with Gasteiger partial charge in [-0.2, -0.15) is 0 Å². The number of alkyl halides is 1. The number of hydrogen-bond acceptors (Lipinski definition) is 6. The molecule has 1 aliphatic carbocycles. The number of aliphatic hydroxyl groups is 1. The molecule has 2 aliphatic rings. The predicted octanol–water partition coefficient (Wildman–Crippen LogP) is 5.90. The normalized spacial score (nSPS) is 19.6. The van der Waals surface area contributed by atoms with Gasteiger partial charge in [0.05, 0.1) is 22.8 Å². The molecule has 0 spiro atoms. The van der Waals surface area contributed by atoms with Crippen LogP contribution in [0.4, 0.5) is 13.2 Å². The monoisotopic (exact) mass is 708 g/mol. The highest BCUT2D eigenvalue weighted by Crippen LogP contribution is 2.55. The molecule has 2 aromatic heterocycles. The van der Waals surface area contributed by atoms with Crippen molar-refractivity contribution in [1.82, 2.24) is 15.3 Å². The molecule has 4 aromatic rings. The number of halogens is 6. The molecule has 2 aromatic carbocycles. The average molecular weight is 710 g/mol. The zero-order chi connectivity index (χ0) is 31.8. The van der Waals surface area contributed by atoms with Gasteiger partial charge in [0.2, 0.25) is 5.91 Å². The third-order valence-corrected chi connectivity index (χ3v) is 9.30. The zero-order valence-electron chi connectivity index (χ0n) is 22.8. The van der Waals surface area contributed by atoms with Crippen LogP contribution in [0.1, 0.15) is 41.4 Å². The molecule has 228 valence electrons. The molecule has 0 radical (unpaired) electrons. The lowest BCUT2D eigenvalue weighted by atomic mass is 9.80. The number of amides is 2. The number of benzene rings is 2. The number of nitrogens with one attached hydrogen (secondary N) is 1. The summed E-state index contributed by atoms with van der Waals surface area (Å²) in [4.78, 5) is 34.5. The molecule has 0 bridgehead atoms. The fraction of sp³-hybridized carbons (Fsp3) is 0.267. The average Bonchev–Trinajstić information content (AvgIpc) is 3.65. The molecule has 14 heteroatoms. The molecule has 3 heterocycles. The Labute approximate surface area is 266 Å². The number of nitrogens with two attached hydrogens (primary N) is 1. The van der Waals surface area contributed by atoms with Crippen molar-refractivity contribution in [3.05, 3.63) is 85.6 Å². The van der Waals surface area contributed by atoms with Gasteiger partial charge in [0.25, 0.3) is 5.91 Å². The summed E-state index contributed by atoms with van der Waals surface area (Å²) < 4.78 is 51.8. The highest BCUT2D eigenvalue weighted by molar-refractivity contribution is 9.10. The van der Waals surface area contributed by atoms with Crippen molar-refractivity contribution in [1.29, 1.82) is 0 Å². The van der Waals surface area contributed by atoms with Gasteiger partial charge < -0.3 is 20.9 Å². The van der Waals surface area contributed by atoms with Gasteiger partial charge in [-0.05, 0) is 72.1 Å². The van der Waals surface area contributed by atoms with E-state index in [1.165, 1.54) is 25.1 Å². The summed E-state index contributed by atoms with van der Waals surface area (Å²) in [6.45, 7) is 0.555. The van der Waals surface area contributed by atoms with Crippen LogP contribution in [0.3, 0.4) is 0 Å². The maximum Gasteiger partial charge on any atom is 0.251 e. The SMILES string of the molecule is C[C@]1(C(N)=O)COc2c1cc([C@@](O)(CNC(=O)c1cc(Cl)c3ncc(Br)cc3c1)C1(F)CC1)nc2-c1ccc(F)c(Cl)c1F. The molecule has 1 fully saturated rings. The van der Waals surface area contributed by atoms with Crippen LogP contribution in [0, 0.1) is 11.6 Å². The first-order chi connectivity index (χ1) is 20.7. The molecular formula is C30H22BrCl2F3N4O4. The van der Waals surface area contributed by atoms with E-state index >= 15 is 8.78 Å². The van der Waals surface area contributed by atoms with E-state index < -0.39 is 51.7 Å². The number of carbonyl (C=O) groups is 2. The van der Waals surface area contributed by atoms with Gasteiger partial charge in [0, 0.05) is 32.7 Å². The molecule has 2 amide bonds. The van der Waals surface area contributed by atoms with Crippen molar-refractivity contribution in [2.75, 3.05) is 13.2 Å². The lowest BCUT2D eigenvalue weighted by Gasteiger charge is -2.33. The van der Waals surface area contributed by atoms with Crippen LogP contribution in [0.15, 0.2) is 47.1 Å². The Hall–Kier alpha value is -3.45. The van der Waals surface area contributed by atoms with Gasteiger partial charge in [-0.1, -0.05) is 23.2 Å². The highest BCUT2D eigenvalue weighted by Gasteiger charge is 2.62. The minimum atomic E-state index is -2.46. The molecule has 6 rings (SSSR count). The number of carbonyl (C=O) groups excluding carboxylic acids is 2. The van der Waals surface area contributed by atoms with Crippen LogP contribution in [0.25, 0.3) is 22.2 Å². The molecule has 1 aliphatic heterocycles. The number of pyridine rings is 2. The largest absolute Gasteiger partial charge is 0.489 e. The molecule has 0 saturated heterocycles. The van der Waals surface area contributed by atoms with Crippen molar-refractivity contribution in [2.45, 2.75) is 36.5 Å². The van der Waals surface area contributed by atoms with Crippen LogP contribution < -0.4 is 15.8 Å². The van der Waals surface area contributed by atoms with E-state index in [2.05, 4.69) is 31.2 Å². The van der Waals surface area contributed by atoms with E-state index in [9.17, 15) is 19.1 Å². The number of aromatic nitrogens is 2. The first kappa shape index (κ1) is 30.6. The van der Waals surface area contributed by atoms with Crippen molar-refractivity contribution in [3.63, 3.8) is 0 Å². The van der Waals surface area contributed by atoms with E-state index in [1.807, 2.05) is 0 Å². The zero-order valence-corrected chi connectivity index (χ0v) is 25.9. The van der Waals surface area contributed by atoms with Crippen molar-refractivity contribution in [3.8, 4) is 17.0 Å². The van der Waals surface area contributed by atoms with Gasteiger partial charge in [-0.15, -0.1) is 0 Å². The minimum Gasteiger partial charge on any atom is -0.489 e. The second kappa shape index (κ2) is 10.6. The van der Waals surface area contributed by atoms with Crippen LogP contribution in [0.5, 0.6) is 5.75 Å². The molecule has 2 atom stereocenters. The van der Waals surface area contributed by atoms with E-state index in [1.54, 1.807) is 12.3 Å². The predicted molar refractivity (Wildman–Crippen MR) is 160 cm³/mol. The number of hydrogen-bond donors (Lipinski definition) is 3. The Morgan fingerprint density at radius 3 is 2.61 bits per heavy atom. The minimum absolute atomic E-state index is 0.0581. The van der Waals surface area contributed by atoms with Crippen molar-refractivity contribution in [2.24, 2.45) is 5.73 Å². The van der Waals surface area contributed by atoms with Gasteiger partial charge in [-0.25, -0.2) is 18.2 Å². The quantitative estimate of drug-likeness (QED) is 0.205. The maximum atomic E-state index is 16.1. The number of nitrogens with zero attached hydrogens (tertiary/aromatic N) is 2. The Morgan fingerprint density at radius 2 is 1.93 bits per heavy atom. The topological polar surface area (TPSA) is 127 Å². The molecule has 1 saturated carbocycles. The fourth-order valence-electron chi connectivity index (χ4n) is 5.31. The summed E-state index contributed by atoms with van der Waals surface area (Å²) in [7, 11) is 0. The summed E-state index contributed by atoms with van der Waals surface area (Å²) in [6.07, 6.45) is 1.41. The summed E-state index contributed by atoms with van der Waals surface area (Å²) in [5, 5.41) is 14.5. The molecule has 0 unspecified atom stereocenters. The Balaban J connectivity index is 1.45. The number of rotatable bonds is 7. The number of primary amides is 1. The van der Waals surface area contributed by atoms with Gasteiger partial charge >= 0.3 is 0 Å². The Bertz CT molecular complexity index is 1910. The summed E-state index contributed by atoms with van der Waals surface area (Å²) in [5.74, 6) is -3.75. The van der Waals surface area contributed by atoms with E-state index in [0.717, 1.165) is 12.1 Å². The van der Waals surface area contributed by atoms with E-state index in [4.69, 9.17) is 33.7 Å². The van der Waals surface area contributed by atoms with Crippen LogP contribution in [0.2, 0.25) is 10.0 Å².